The molecule has 1 aliphatic heterocycles. The molecule has 0 spiro atoms. The number of methoxy groups -OCH3 is 1. The number of rotatable bonds is 8. The average molecular weight is 330 g/mol. The van der Waals surface area contributed by atoms with E-state index in [0.29, 0.717) is 24.0 Å². The van der Waals surface area contributed by atoms with Gasteiger partial charge >= 0.3 is 0 Å². The van der Waals surface area contributed by atoms with Crippen molar-refractivity contribution in [2.45, 2.75) is 19.3 Å². The number of likely N-dealkylation sites (tertiary alicyclic amines) is 1. The molecule has 1 aromatic heterocycles. The van der Waals surface area contributed by atoms with Crippen LogP contribution in [0.1, 0.15) is 23.8 Å². The summed E-state index contributed by atoms with van der Waals surface area (Å²) in [6, 6.07) is 5.71. The molecule has 3 rings (SSSR count). The van der Waals surface area contributed by atoms with E-state index >= 15 is 0 Å². The Bertz CT molecular complexity index is 695. The molecule has 0 saturated carbocycles. The number of benzene rings is 1. The first kappa shape index (κ1) is 16.6. The van der Waals surface area contributed by atoms with Crippen LogP contribution in [0, 0.1) is 6.92 Å². The average Bonchev–Trinajstić information content (AvgIpc) is 3.01. The standard InChI is InChI=1S/C17H22N4O3/c1-12-4-5-13(8-15(12)18-11-22)16-19-17(24-20-16)14-9-21(10-14)6-3-7-23-2/h4-5,8,11,14H,3,6-7,9-10H2,1-2H3,(H,18,22). The lowest BCUT2D eigenvalue weighted by Crippen LogP contribution is -2.45. The van der Waals surface area contributed by atoms with E-state index in [4.69, 9.17) is 9.26 Å². The Morgan fingerprint density at radius 2 is 2.29 bits per heavy atom. The van der Waals surface area contributed by atoms with Crippen LogP contribution in [0.3, 0.4) is 0 Å². The van der Waals surface area contributed by atoms with Crippen molar-refractivity contribution in [3.05, 3.63) is 29.7 Å². The van der Waals surface area contributed by atoms with Crippen molar-refractivity contribution < 1.29 is 14.1 Å². The third-order valence-corrected chi connectivity index (χ3v) is 4.28. The number of nitrogens with zero attached hydrogens (tertiary/aromatic N) is 3. The van der Waals surface area contributed by atoms with Crippen molar-refractivity contribution in [3.63, 3.8) is 0 Å². The second-order valence-electron chi connectivity index (χ2n) is 6.05. The van der Waals surface area contributed by atoms with E-state index in [1.807, 2.05) is 25.1 Å². The van der Waals surface area contributed by atoms with Gasteiger partial charge in [-0.3, -0.25) is 4.79 Å². The highest BCUT2D eigenvalue weighted by Gasteiger charge is 2.32. The quantitative estimate of drug-likeness (QED) is 0.589. The van der Waals surface area contributed by atoms with Gasteiger partial charge in [-0.25, -0.2) is 0 Å². The first-order valence-electron chi connectivity index (χ1n) is 8.07. The van der Waals surface area contributed by atoms with Gasteiger partial charge in [0.05, 0.1) is 5.92 Å². The maximum Gasteiger partial charge on any atom is 0.232 e. The predicted octanol–water partition coefficient (Wildman–Crippen LogP) is 2.05. The van der Waals surface area contributed by atoms with Gasteiger partial charge in [-0.15, -0.1) is 0 Å². The second kappa shape index (κ2) is 7.55. The normalized spacial score (nSPS) is 15.2. The highest BCUT2D eigenvalue weighted by atomic mass is 16.5. The van der Waals surface area contributed by atoms with Gasteiger partial charge in [0.1, 0.15) is 0 Å². The Labute approximate surface area is 141 Å². The Balaban J connectivity index is 1.62. The smallest absolute Gasteiger partial charge is 0.232 e. The molecule has 24 heavy (non-hydrogen) atoms. The van der Waals surface area contributed by atoms with E-state index < -0.39 is 0 Å². The van der Waals surface area contributed by atoms with Gasteiger partial charge in [0, 0.05) is 44.6 Å². The zero-order chi connectivity index (χ0) is 16.9. The van der Waals surface area contributed by atoms with Gasteiger partial charge in [-0.2, -0.15) is 4.98 Å². The van der Waals surface area contributed by atoms with Crippen LogP contribution in [-0.2, 0) is 9.53 Å². The van der Waals surface area contributed by atoms with Crippen LogP contribution in [-0.4, -0.2) is 54.8 Å². The first-order chi connectivity index (χ1) is 11.7. The molecule has 2 heterocycles. The second-order valence-corrected chi connectivity index (χ2v) is 6.05. The van der Waals surface area contributed by atoms with Crippen molar-refractivity contribution >= 4 is 12.1 Å². The van der Waals surface area contributed by atoms with E-state index in [2.05, 4.69) is 20.4 Å². The number of hydrogen-bond donors (Lipinski definition) is 1. The van der Waals surface area contributed by atoms with E-state index in [1.54, 1.807) is 7.11 Å². The topological polar surface area (TPSA) is 80.5 Å². The minimum absolute atomic E-state index is 0.298. The third kappa shape index (κ3) is 3.63. The molecule has 0 atom stereocenters. The lowest BCUT2D eigenvalue weighted by molar-refractivity contribution is -0.105. The maximum absolute atomic E-state index is 10.7. The van der Waals surface area contributed by atoms with E-state index in [1.165, 1.54) is 0 Å². The predicted molar refractivity (Wildman–Crippen MR) is 89.8 cm³/mol. The molecule has 0 aliphatic carbocycles. The number of aryl methyl sites for hydroxylation is 1. The van der Waals surface area contributed by atoms with Crippen molar-refractivity contribution in [2.75, 3.05) is 38.7 Å². The molecule has 0 bridgehead atoms. The summed E-state index contributed by atoms with van der Waals surface area (Å²) < 4.78 is 10.5. The number of nitrogens with one attached hydrogen (secondary N) is 1. The first-order valence-corrected chi connectivity index (χ1v) is 8.07. The molecule has 0 radical (unpaired) electrons. The maximum atomic E-state index is 10.7. The molecule has 7 nitrogen and oxygen atoms in total. The molecule has 1 amide bonds. The summed E-state index contributed by atoms with van der Waals surface area (Å²) in [7, 11) is 1.72. The van der Waals surface area contributed by atoms with Gasteiger partial charge in [0.2, 0.25) is 18.1 Å². The summed E-state index contributed by atoms with van der Waals surface area (Å²) in [5, 5.41) is 6.76. The number of ether oxygens (including phenoxy) is 1. The monoisotopic (exact) mass is 330 g/mol. The van der Waals surface area contributed by atoms with Gasteiger partial charge in [-0.1, -0.05) is 17.3 Å². The van der Waals surface area contributed by atoms with Crippen LogP contribution >= 0.6 is 0 Å². The van der Waals surface area contributed by atoms with Crippen LogP contribution in [0.2, 0.25) is 0 Å². The summed E-state index contributed by atoms with van der Waals surface area (Å²) in [4.78, 5) is 17.5. The van der Waals surface area contributed by atoms with Crippen molar-refractivity contribution in [1.29, 1.82) is 0 Å². The largest absolute Gasteiger partial charge is 0.385 e. The Hall–Kier alpha value is -2.25. The molecule has 2 aromatic rings. The summed E-state index contributed by atoms with van der Waals surface area (Å²) in [5.74, 6) is 1.53. The van der Waals surface area contributed by atoms with Gasteiger partial charge < -0.3 is 19.5 Å². The van der Waals surface area contributed by atoms with Crippen LogP contribution in [0.15, 0.2) is 22.7 Å². The molecular weight excluding hydrogens is 308 g/mol. The molecule has 1 aliphatic rings. The molecule has 7 heteroatoms. The highest BCUT2D eigenvalue weighted by molar-refractivity contribution is 5.76. The number of anilines is 1. The Kier molecular flexibility index (Phi) is 5.22. The molecule has 1 saturated heterocycles. The van der Waals surface area contributed by atoms with Crippen molar-refractivity contribution in [2.24, 2.45) is 0 Å². The Morgan fingerprint density at radius 1 is 1.46 bits per heavy atom. The third-order valence-electron chi connectivity index (χ3n) is 4.28. The number of amides is 1. The SMILES string of the molecule is COCCCN1CC(c2nc(-c3ccc(C)c(NC=O)c3)no2)C1. The van der Waals surface area contributed by atoms with Gasteiger partial charge in [0.25, 0.3) is 0 Å². The van der Waals surface area contributed by atoms with Crippen molar-refractivity contribution in [3.8, 4) is 11.4 Å². The number of carbonyl (C=O) groups excluding carboxylic acids is 1. The van der Waals surface area contributed by atoms with E-state index in [9.17, 15) is 4.79 Å². The molecule has 1 aromatic carbocycles. The summed E-state index contributed by atoms with van der Waals surface area (Å²) >= 11 is 0. The highest BCUT2D eigenvalue weighted by Crippen LogP contribution is 2.29. The lowest BCUT2D eigenvalue weighted by Gasteiger charge is -2.36. The fourth-order valence-electron chi connectivity index (χ4n) is 2.84. The summed E-state index contributed by atoms with van der Waals surface area (Å²) in [6.45, 7) is 5.64. The van der Waals surface area contributed by atoms with Crippen LogP contribution in [0.5, 0.6) is 0 Å². The minimum atomic E-state index is 0.298. The van der Waals surface area contributed by atoms with Crippen LogP contribution in [0.25, 0.3) is 11.4 Å². The van der Waals surface area contributed by atoms with Gasteiger partial charge in [0.15, 0.2) is 0 Å². The van der Waals surface area contributed by atoms with Crippen LogP contribution < -0.4 is 5.32 Å². The zero-order valence-corrected chi connectivity index (χ0v) is 14.0. The minimum Gasteiger partial charge on any atom is -0.385 e. The number of hydrogen-bond acceptors (Lipinski definition) is 6. The molecule has 128 valence electrons. The van der Waals surface area contributed by atoms with Crippen LogP contribution in [0.4, 0.5) is 5.69 Å². The lowest BCUT2D eigenvalue weighted by atomic mass is 10.00. The van der Waals surface area contributed by atoms with E-state index in [0.717, 1.165) is 49.5 Å². The molecule has 0 unspecified atom stereocenters. The summed E-state index contributed by atoms with van der Waals surface area (Å²) in [5.41, 5.74) is 2.57. The molecule has 1 N–H and O–H groups in total. The zero-order valence-electron chi connectivity index (χ0n) is 14.0. The molecule has 1 fully saturated rings. The molecular formula is C17H22N4O3. The van der Waals surface area contributed by atoms with Gasteiger partial charge in [-0.05, 0) is 25.0 Å². The fraction of sp³-hybridized carbons (Fsp3) is 0.471. The summed E-state index contributed by atoms with van der Waals surface area (Å²) in [6.07, 6.45) is 1.70. The van der Waals surface area contributed by atoms with Crippen molar-refractivity contribution in [1.82, 2.24) is 15.0 Å². The van der Waals surface area contributed by atoms with E-state index in [-0.39, 0.29) is 0 Å². The number of carbonyl (C=O) groups is 1. The fourth-order valence-corrected chi connectivity index (χ4v) is 2.84. The number of aromatic nitrogens is 2. The Morgan fingerprint density at radius 3 is 3.04 bits per heavy atom.